The first-order chi connectivity index (χ1) is 7.16. The average Bonchev–Trinajstić information content (AvgIpc) is 2.18. The van der Waals surface area contributed by atoms with Gasteiger partial charge < -0.3 is 4.90 Å². The standard InChI is InChI=1S/C14H15N/c1-11(2)8-14-9-12-6-4-5-7-13(12)10-15(14)3/h4-10H,1H2,2-3H3/b14-8-. The van der Waals surface area contributed by atoms with Crippen molar-refractivity contribution in [2.75, 3.05) is 7.05 Å². The third-order valence-electron chi connectivity index (χ3n) is 2.43. The zero-order valence-electron chi connectivity index (χ0n) is 9.20. The normalized spacial score (nSPS) is 16.7. The summed E-state index contributed by atoms with van der Waals surface area (Å²) in [6, 6.07) is 8.38. The third-order valence-corrected chi connectivity index (χ3v) is 2.43. The second kappa shape index (κ2) is 3.77. The summed E-state index contributed by atoms with van der Waals surface area (Å²) in [5.74, 6) is 0. The lowest BCUT2D eigenvalue weighted by molar-refractivity contribution is 0.643. The Morgan fingerprint density at radius 2 is 1.93 bits per heavy atom. The van der Waals surface area contributed by atoms with Gasteiger partial charge in [-0.25, -0.2) is 0 Å². The third kappa shape index (κ3) is 2.01. The predicted octanol–water partition coefficient (Wildman–Crippen LogP) is 1.61. The van der Waals surface area contributed by atoms with Crippen molar-refractivity contribution < 1.29 is 0 Å². The van der Waals surface area contributed by atoms with E-state index in [1.165, 1.54) is 16.1 Å². The Hall–Kier alpha value is -1.76. The van der Waals surface area contributed by atoms with Gasteiger partial charge in [-0.3, -0.25) is 0 Å². The largest absolute Gasteiger partial charge is 0.350 e. The van der Waals surface area contributed by atoms with Gasteiger partial charge in [-0.1, -0.05) is 36.4 Å². The van der Waals surface area contributed by atoms with Crippen LogP contribution in [-0.4, -0.2) is 11.9 Å². The van der Waals surface area contributed by atoms with Crippen LogP contribution in [-0.2, 0) is 0 Å². The van der Waals surface area contributed by atoms with Crippen LogP contribution in [0, 0.1) is 0 Å². The maximum Gasteiger partial charge on any atom is 0.0412 e. The minimum Gasteiger partial charge on any atom is -0.350 e. The van der Waals surface area contributed by atoms with Crippen molar-refractivity contribution in [1.29, 1.82) is 0 Å². The van der Waals surface area contributed by atoms with Gasteiger partial charge in [-0.15, -0.1) is 0 Å². The summed E-state index contributed by atoms with van der Waals surface area (Å²) in [7, 11) is 2.06. The Bertz CT molecular complexity index is 535. The van der Waals surface area contributed by atoms with E-state index in [0.29, 0.717) is 0 Å². The van der Waals surface area contributed by atoms with Gasteiger partial charge in [0, 0.05) is 18.9 Å². The molecular formula is C14H15N. The van der Waals surface area contributed by atoms with E-state index in [1.54, 1.807) is 0 Å². The van der Waals surface area contributed by atoms with Gasteiger partial charge in [0.15, 0.2) is 0 Å². The van der Waals surface area contributed by atoms with Crippen LogP contribution in [0.1, 0.15) is 6.92 Å². The van der Waals surface area contributed by atoms with E-state index in [2.05, 4.69) is 61.1 Å². The molecule has 2 rings (SSSR count). The Morgan fingerprint density at radius 3 is 2.60 bits per heavy atom. The first-order valence-electron chi connectivity index (χ1n) is 5.05. The molecule has 0 amide bonds. The molecule has 0 saturated heterocycles. The number of fused-ring (bicyclic) bond motifs is 1. The highest BCUT2D eigenvalue weighted by Gasteiger charge is 2.03. The lowest BCUT2D eigenvalue weighted by Crippen LogP contribution is -2.32. The van der Waals surface area contributed by atoms with E-state index in [4.69, 9.17) is 0 Å². The fraction of sp³-hybridized carbons (Fsp3) is 0.143. The van der Waals surface area contributed by atoms with Crippen molar-refractivity contribution in [2.45, 2.75) is 6.92 Å². The van der Waals surface area contributed by atoms with Crippen LogP contribution in [0.3, 0.4) is 0 Å². The molecule has 0 unspecified atom stereocenters. The summed E-state index contributed by atoms with van der Waals surface area (Å²) >= 11 is 0. The van der Waals surface area contributed by atoms with Gasteiger partial charge in [-0.2, -0.15) is 0 Å². The van der Waals surface area contributed by atoms with E-state index >= 15 is 0 Å². The summed E-state index contributed by atoms with van der Waals surface area (Å²) in [6.45, 7) is 5.91. The zero-order chi connectivity index (χ0) is 10.8. The van der Waals surface area contributed by atoms with Crippen LogP contribution >= 0.6 is 0 Å². The lowest BCUT2D eigenvalue weighted by Gasteiger charge is -2.19. The molecule has 76 valence electrons. The molecule has 0 saturated carbocycles. The van der Waals surface area contributed by atoms with E-state index < -0.39 is 0 Å². The Balaban J connectivity index is 2.61. The highest BCUT2D eigenvalue weighted by Crippen LogP contribution is 2.08. The molecule has 0 N–H and O–H groups in total. The SMILES string of the molecule is C=C(C)/C=C1/C=c2ccccc2=CN1C. The Labute approximate surface area is 90.3 Å². The molecule has 1 aliphatic rings. The minimum atomic E-state index is 1.07. The summed E-state index contributed by atoms with van der Waals surface area (Å²) in [4.78, 5) is 2.12. The topological polar surface area (TPSA) is 3.24 Å². The fourth-order valence-electron chi connectivity index (χ4n) is 1.70. The van der Waals surface area contributed by atoms with E-state index in [1.807, 2.05) is 6.92 Å². The average molecular weight is 197 g/mol. The van der Waals surface area contributed by atoms with Crippen molar-refractivity contribution in [2.24, 2.45) is 0 Å². The molecular weight excluding hydrogens is 182 g/mol. The van der Waals surface area contributed by atoms with Crippen molar-refractivity contribution in [3.8, 4) is 0 Å². The molecule has 0 bridgehead atoms. The number of hydrogen-bond donors (Lipinski definition) is 0. The minimum absolute atomic E-state index is 1.07. The quantitative estimate of drug-likeness (QED) is 0.661. The monoisotopic (exact) mass is 197 g/mol. The molecule has 1 aliphatic heterocycles. The molecule has 1 aromatic carbocycles. The van der Waals surface area contributed by atoms with Gasteiger partial charge >= 0.3 is 0 Å². The van der Waals surface area contributed by atoms with E-state index in [-0.39, 0.29) is 0 Å². The first-order valence-corrected chi connectivity index (χ1v) is 5.05. The fourth-order valence-corrected chi connectivity index (χ4v) is 1.70. The molecule has 0 atom stereocenters. The molecule has 1 nitrogen and oxygen atoms in total. The van der Waals surface area contributed by atoms with Crippen LogP contribution < -0.4 is 10.4 Å². The zero-order valence-corrected chi connectivity index (χ0v) is 9.20. The number of rotatable bonds is 1. The molecule has 0 spiro atoms. The smallest absolute Gasteiger partial charge is 0.0412 e. The molecule has 0 radical (unpaired) electrons. The van der Waals surface area contributed by atoms with E-state index in [9.17, 15) is 0 Å². The second-order valence-corrected chi connectivity index (χ2v) is 3.93. The first kappa shape index (κ1) is 9.78. The van der Waals surface area contributed by atoms with Crippen LogP contribution in [0.15, 0.2) is 48.2 Å². The van der Waals surface area contributed by atoms with Crippen LogP contribution in [0.5, 0.6) is 0 Å². The predicted molar refractivity (Wildman–Crippen MR) is 65.3 cm³/mol. The van der Waals surface area contributed by atoms with Crippen LogP contribution in [0.25, 0.3) is 12.3 Å². The van der Waals surface area contributed by atoms with Gasteiger partial charge in [0.05, 0.1) is 0 Å². The molecule has 1 heteroatoms. The van der Waals surface area contributed by atoms with Gasteiger partial charge in [0.2, 0.25) is 0 Å². The molecule has 1 heterocycles. The maximum absolute atomic E-state index is 3.90. The van der Waals surface area contributed by atoms with Crippen LogP contribution in [0.4, 0.5) is 0 Å². The van der Waals surface area contributed by atoms with Crippen molar-refractivity contribution >= 4 is 12.3 Å². The second-order valence-electron chi connectivity index (χ2n) is 3.93. The molecule has 0 aliphatic carbocycles. The highest BCUT2D eigenvalue weighted by atomic mass is 15.1. The van der Waals surface area contributed by atoms with Crippen molar-refractivity contribution in [1.82, 2.24) is 4.90 Å². The molecule has 0 fully saturated rings. The van der Waals surface area contributed by atoms with Gasteiger partial charge in [0.25, 0.3) is 0 Å². The summed E-state index contributed by atoms with van der Waals surface area (Å²) < 4.78 is 0. The van der Waals surface area contributed by atoms with Crippen molar-refractivity contribution in [3.05, 3.63) is 58.6 Å². The summed E-state index contributed by atoms with van der Waals surface area (Å²) in [5.41, 5.74) is 2.25. The summed E-state index contributed by atoms with van der Waals surface area (Å²) in [5, 5.41) is 2.53. The Morgan fingerprint density at radius 1 is 1.27 bits per heavy atom. The Kier molecular flexibility index (Phi) is 2.46. The van der Waals surface area contributed by atoms with E-state index in [0.717, 1.165) is 5.57 Å². The highest BCUT2D eigenvalue weighted by molar-refractivity contribution is 5.55. The number of nitrogens with zero attached hydrogens (tertiary/aromatic N) is 1. The molecule has 15 heavy (non-hydrogen) atoms. The number of hydrogen-bond acceptors (Lipinski definition) is 1. The van der Waals surface area contributed by atoms with Crippen molar-refractivity contribution in [3.63, 3.8) is 0 Å². The lowest BCUT2D eigenvalue weighted by atomic mass is 10.1. The number of allylic oxidation sites excluding steroid dienone is 3. The van der Waals surface area contributed by atoms with Crippen LogP contribution in [0.2, 0.25) is 0 Å². The maximum atomic E-state index is 3.90. The van der Waals surface area contributed by atoms with Gasteiger partial charge in [-0.05, 0) is 29.5 Å². The molecule has 0 aromatic heterocycles. The summed E-state index contributed by atoms with van der Waals surface area (Å²) in [6.07, 6.45) is 6.42. The number of benzene rings is 1. The van der Waals surface area contributed by atoms with Gasteiger partial charge in [0.1, 0.15) is 0 Å². The molecule has 1 aromatic rings.